The third-order valence-corrected chi connectivity index (χ3v) is 7.82. The van der Waals surface area contributed by atoms with E-state index < -0.39 is 17.8 Å². The number of hydrogen-bond donors (Lipinski definition) is 2. The second kappa shape index (κ2) is 13.3. The van der Waals surface area contributed by atoms with E-state index in [1.807, 2.05) is 55.4 Å². The lowest BCUT2D eigenvalue weighted by atomic mass is 9.77. The Hall–Kier alpha value is -4.46. The van der Waals surface area contributed by atoms with Crippen molar-refractivity contribution in [1.29, 1.82) is 5.26 Å². The van der Waals surface area contributed by atoms with Gasteiger partial charge in [-0.2, -0.15) is 10.4 Å². The van der Waals surface area contributed by atoms with Crippen LogP contribution in [0.3, 0.4) is 0 Å². The lowest BCUT2D eigenvalue weighted by Gasteiger charge is -2.47. The summed E-state index contributed by atoms with van der Waals surface area (Å²) >= 11 is 0. The number of amides is 2. The summed E-state index contributed by atoms with van der Waals surface area (Å²) in [7, 11) is 0. The largest absolute Gasteiger partial charge is 0.494 e. The molecule has 45 heavy (non-hydrogen) atoms. The number of carbonyl (C=O) groups excluding carboxylic acids is 1. The molecule has 1 saturated heterocycles. The number of pyridine rings is 1. The molecule has 0 saturated carbocycles. The van der Waals surface area contributed by atoms with Crippen LogP contribution < -0.4 is 15.0 Å². The number of benzene rings is 1. The normalized spacial score (nSPS) is 17.1. The maximum absolute atomic E-state index is 14.1. The van der Waals surface area contributed by atoms with Crippen LogP contribution in [0.5, 0.6) is 5.75 Å². The number of likely N-dealkylation sites (tertiary alicyclic amines) is 1. The zero-order valence-electron chi connectivity index (χ0n) is 27.7. The van der Waals surface area contributed by atoms with Crippen LogP contribution in [0, 0.1) is 16.7 Å². The number of carbonyl (C=O) groups is 2. The molecular weight excluding hydrogens is 572 g/mol. The van der Waals surface area contributed by atoms with Gasteiger partial charge in [-0.1, -0.05) is 34.1 Å². The van der Waals surface area contributed by atoms with E-state index in [4.69, 9.17) is 9.47 Å². The van der Waals surface area contributed by atoms with E-state index in [1.165, 1.54) is 9.80 Å². The number of nitrogens with zero attached hydrogens (tertiary/aromatic N) is 5. The fraction of sp³-hybridized carbons (Fsp3) is 0.529. The molecule has 242 valence electrons. The lowest BCUT2D eigenvalue weighted by molar-refractivity contribution is 0.0518. The second-order valence-corrected chi connectivity index (χ2v) is 13.5. The molecule has 11 heteroatoms. The van der Waals surface area contributed by atoms with Crippen molar-refractivity contribution in [2.24, 2.45) is 5.41 Å². The van der Waals surface area contributed by atoms with Crippen LogP contribution in [-0.2, 0) is 11.2 Å². The van der Waals surface area contributed by atoms with Crippen molar-refractivity contribution in [2.45, 2.75) is 98.8 Å². The van der Waals surface area contributed by atoms with Crippen LogP contribution in [0.2, 0.25) is 0 Å². The third kappa shape index (κ3) is 7.11. The summed E-state index contributed by atoms with van der Waals surface area (Å²) in [4.78, 5) is 29.5. The maximum Gasteiger partial charge on any atom is 0.420 e. The number of carboxylic acid groups (broad SMARTS) is 1. The molecule has 2 amide bonds. The number of hydrogen-bond acceptors (Lipinski definition) is 7. The Kier molecular flexibility index (Phi) is 9.86. The van der Waals surface area contributed by atoms with E-state index >= 15 is 0 Å². The van der Waals surface area contributed by atoms with Crippen molar-refractivity contribution in [1.82, 2.24) is 14.5 Å². The highest BCUT2D eigenvalue weighted by atomic mass is 16.6. The number of piperidine rings is 1. The number of anilines is 3. The average Bonchev–Trinajstić information content (AvgIpc) is 3.43. The maximum atomic E-state index is 14.1. The zero-order chi connectivity index (χ0) is 33.1. The monoisotopic (exact) mass is 618 g/mol. The molecule has 1 aromatic carbocycles. The molecule has 3 aromatic rings. The van der Waals surface area contributed by atoms with E-state index in [0.29, 0.717) is 72.0 Å². The third-order valence-electron chi connectivity index (χ3n) is 7.82. The van der Waals surface area contributed by atoms with Crippen LogP contribution in [-0.4, -0.2) is 62.6 Å². The quantitative estimate of drug-likeness (QED) is 0.264. The summed E-state index contributed by atoms with van der Waals surface area (Å²) < 4.78 is 13.2. The lowest BCUT2D eigenvalue weighted by Crippen LogP contribution is -2.58. The predicted molar refractivity (Wildman–Crippen MR) is 175 cm³/mol. The summed E-state index contributed by atoms with van der Waals surface area (Å²) in [5.41, 5.74) is 1.56. The van der Waals surface area contributed by atoms with Crippen molar-refractivity contribution in [2.75, 3.05) is 23.4 Å². The van der Waals surface area contributed by atoms with Gasteiger partial charge in [0.2, 0.25) is 0 Å². The molecule has 2 atom stereocenters. The molecule has 11 nitrogen and oxygen atoms in total. The summed E-state index contributed by atoms with van der Waals surface area (Å²) in [6, 6.07) is 10.7. The fourth-order valence-electron chi connectivity index (χ4n) is 6.27. The van der Waals surface area contributed by atoms with Gasteiger partial charge in [-0.3, -0.25) is 0 Å². The second-order valence-electron chi connectivity index (χ2n) is 13.5. The Morgan fingerprint density at radius 3 is 2.38 bits per heavy atom. The molecule has 2 N–H and O–H groups in total. The summed E-state index contributed by atoms with van der Waals surface area (Å²) in [6.07, 6.45) is 2.66. The minimum absolute atomic E-state index is 0.281. The Labute approximate surface area is 265 Å². The van der Waals surface area contributed by atoms with Gasteiger partial charge in [0.25, 0.3) is 0 Å². The number of nitriles is 1. The molecule has 4 rings (SSSR count). The van der Waals surface area contributed by atoms with E-state index in [0.717, 1.165) is 6.42 Å². The SMILES string of the molecule is CCCc1c(N[C@H]2CCCN(C(=O)O)C2C(C)(C)C)c(C#N)c2ccnn2c1N(C(=O)OC(C)(C)C)c1ccc(OCC)cc1. The van der Waals surface area contributed by atoms with Gasteiger partial charge in [-0.25, -0.2) is 19.0 Å². The highest BCUT2D eigenvalue weighted by Crippen LogP contribution is 2.42. The first-order valence-electron chi connectivity index (χ1n) is 15.7. The Balaban J connectivity index is 2.01. The smallest absolute Gasteiger partial charge is 0.420 e. The number of nitrogens with one attached hydrogen (secondary N) is 1. The van der Waals surface area contributed by atoms with Crippen molar-refractivity contribution < 1.29 is 24.2 Å². The number of rotatable bonds is 8. The van der Waals surface area contributed by atoms with Crippen molar-refractivity contribution in [3.8, 4) is 11.8 Å². The van der Waals surface area contributed by atoms with Gasteiger partial charge in [0, 0.05) is 18.2 Å². The number of ether oxygens (including phenoxy) is 2. The van der Waals surface area contributed by atoms with Gasteiger partial charge in [0.1, 0.15) is 28.8 Å². The average molecular weight is 619 g/mol. The first-order valence-corrected chi connectivity index (χ1v) is 15.7. The van der Waals surface area contributed by atoms with Gasteiger partial charge >= 0.3 is 12.2 Å². The van der Waals surface area contributed by atoms with Crippen LogP contribution in [0.1, 0.15) is 85.8 Å². The van der Waals surface area contributed by atoms with Gasteiger partial charge < -0.3 is 24.8 Å². The molecule has 1 fully saturated rings. The van der Waals surface area contributed by atoms with Crippen LogP contribution in [0.4, 0.5) is 26.8 Å². The summed E-state index contributed by atoms with van der Waals surface area (Å²) in [6.45, 7) is 16.4. The first-order chi connectivity index (χ1) is 21.2. The Morgan fingerprint density at radius 1 is 1.13 bits per heavy atom. The van der Waals surface area contributed by atoms with E-state index in [-0.39, 0.29) is 17.5 Å². The molecule has 0 spiro atoms. The molecule has 1 unspecified atom stereocenters. The molecule has 0 bridgehead atoms. The van der Waals surface area contributed by atoms with Gasteiger partial charge in [0.05, 0.1) is 35.7 Å². The standard InChI is InChI=1S/C34H46N6O5/c1-9-12-24-28(37-26-13-11-20-38(31(41)42)29(26)33(3,4)5)25(21-35)27-18-19-36-40(27)30(24)39(32(43)45-34(6,7)8)22-14-16-23(17-15-22)44-10-2/h14-19,26,29,37H,9-13,20H2,1-8H3,(H,41,42)/t26-,29?/m0/s1. The first kappa shape index (κ1) is 33.4. The van der Waals surface area contributed by atoms with E-state index in [9.17, 15) is 20.0 Å². The molecule has 1 aliphatic heterocycles. The number of fused-ring (bicyclic) bond motifs is 1. The number of aromatic nitrogens is 2. The highest BCUT2D eigenvalue weighted by molar-refractivity contribution is 5.98. The fourth-order valence-corrected chi connectivity index (χ4v) is 6.27. The van der Waals surface area contributed by atoms with Gasteiger partial charge in [-0.15, -0.1) is 0 Å². The molecule has 2 aromatic heterocycles. The Bertz CT molecular complexity index is 1560. The van der Waals surface area contributed by atoms with Crippen molar-refractivity contribution in [3.63, 3.8) is 0 Å². The topological polar surface area (TPSA) is 132 Å². The van der Waals surface area contributed by atoms with Crippen molar-refractivity contribution in [3.05, 3.63) is 47.7 Å². The predicted octanol–water partition coefficient (Wildman–Crippen LogP) is 7.60. The molecule has 3 heterocycles. The van der Waals surface area contributed by atoms with Crippen LogP contribution in [0.15, 0.2) is 36.5 Å². The minimum atomic E-state index is -0.964. The highest BCUT2D eigenvalue weighted by Gasteiger charge is 2.43. The summed E-state index contributed by atoms with van der Waals surface area (Å²) in [5.74, 6) is 1.12. The van der Waals surface area contributed by atoms with E-state index in [2.05, 4.69) is 16.5 Å². The van der Waals surface area contributed by atoms with Gasteiger partial charge in [-0.05, 0) is 82.7 Å². The zero-order valence-corrected chi connectivity index (χ0v) is 27.7. The van der Waals surface area contributed by atoms with Gasteiger partial charge in [0.15, 0.2) is 0 Å². The molecule has 0 aliphatic carbocycles. The Morgan fingerprint density at radius 2 is 1.82 bits per heavy atom. The molecule has 0 radical (unpaired) electrons. The van der Waals surface area contributed by atoms with Crippen LogP contribution >= 0.6 is 0 Å². The van der Waals surface area contributed by atoms with E-state index in [1.54, 1.807) is 41.0 Å². The minimum Gasteiger partial charge on any atom is -0.494 e. The molecular formula is C34H46N6O5. The van der Waals surface area contributed by atoms with Crippen LogP contribution in [0.25, 0.3) is 5.52 Å². The summed E-state index contributed by atoms with van der Waals surface area (Å²) in [5, 5.41) is 29.0. The van der Waals surface area contributed by atoms with Crippen molar-refractivity contribution >= 4 is 34.9 Å². The molecule has 1 aliphatic rings.